The summed E-state index contributed by atoms with van der Waals surface area (Å²) in [4.78, 5) is 47.8. The first-order valence-corrected chi connectivity index (χ1v) is 13.2. The lowest BCUT2D eigenvalue weighted by atomic mass is 9.86. The fraction of sp³-hybridized carbons (Fsp3) is 0.367. The molecular weight excluding hydrogens is 497 g/mol. The van der Waals surface area contributed by atoms with Crippen LogP contribution in [0.4, 0.5) is 4.39 Å². The van der Waals surface area contributed by atoms with Crippen molar-refractivity contribution in [3.05, 3.63) is 71.8 Å². The summed E-state index contributed by atoms with van der Waals surface area (Å²) in [6.07, 6.45) is 0.739. The summed E-state index contributed by atoms with van der Waals surface area (Å²) in [5.41, 5.74) is 1.63. The molecule has 0 bridgehead atoms. The van der Waals surface area contributed by atoms with E-state index >= 15 is 0 Å². The minimum absolute atomic E-state index is 0.185. The summed E-state index contributed by atoms with van der Waals surface area (Å²) in [6, 6.07) is 14.5. The zero-order valence-corrected chi connectivity index (χ0v) is 22.6. The molecule has 2 aromatic heterocycles. The van der Waals surface area contributed by atoms with Crippen LogP contribution < -0.4 is 10.6 Å². The van der Waals surface area contributed by atoms with Crippen LogP contribution in [-0.4, -0.2) is 57.8 Å². The SMILES string of the molecule is C[C@H]1C[C@@H](CNC(=O)[C@@H](NC(=O)c2cc3ccccc3[nH]2)C(C)(C)C)N(C(=O)c2cc3ccc(F)cc3[nH]2)C1. The second kappa shape index (κ2) is 10.2. The number of nitrogens with zero attached hydrogens (tertiary/aromatic N) is 1. The van der Waals surface area contributed by atoms with Gasteiger partial charge in [0.25, 0.3) is 11.8 Å². The second-order valence-corrected chi connectivity index (χ2v) is 11.7. The van der Waals surface area contributed by atoms with Gasteiger partial charge in [0.2, 0.25) is 5.91 Å². The number of benzene rings is 2. The van der Waals surface area contributed by atoms with Crippen LogP contribution >= 0.6 is 0 Å². The molecule has 204 valence electrons. The van der Waals surface area contributed by atoms with Crippen LogP contribution in [0.25, 0.3) is 21.8 Å². The minimum atomic E-state index is -0.789. The lowest BCUT2D eigenvalue weighted by Crippen LogP contribution is -2.55. The summed E-state index contributed by atoms with van der Waals surface area (Å²) in [5.74, 6) is -0.959. The van der Waals surface area contributed by atoms with Crippen molar-refractivity contribution in [2.75, 3.05) is 13.1 Å². The van der Waals surface area contributed by atoms with Gasteiger partial charge in [-0.2, -0.15) is 0 Å². The van der Waals surface area contributed by atoms with E-state index in [2.05, 4.69) is 27.5 Å². The van der Waals surface area contributed by atoms with Crippen LogP contribution in [0.15, 0.2) is 54.6 Å². The molecule has 4 N–H and O–H groups in total. The number of hydrogen-bond acceptors (Lipinski definition) is 3. The van der Waals surface area contributed by atoms with Crippen molar-refractivity contribution < 1.29 is 18.8 Å². The van der Waals surface area contributed by atoms with E-state index in [4.69, 9.17) is 0 Å². The van der Waals surface area contributed by atoms with Crippen LogP contribution in [-0.2, 0) is 4.79 Å². The highest BCUT2D eigenvalue weighted by atomic mass is 19.1. The molecule has 0 saturated carbocycles. The van der Waals surface area contributed by atoms with Gasteiger partial charge in [-0.05, 0) is 54.2 Å². The Bertz CT molecular complexity index is 1520. The molecule has 0 radical (unpaired) electrons. The van der Waals surface area contributed by atoms with E-state index < -0.39 is 11.5 Å². The lowest BCUT2D eigenvalue weighted by molar-refractivity contribution is -0.125. The number of amides is 3. The number of aromatic nitrogens is 2. The Labute approximate surface area is 226 Å². The maximum absolute atomic E-state index is 13.6. The summed E-state index contributed by atoms with van der Waals surface area (Å²) >= 11 is 0. The van der Waals surface area contributed by atoms with Crippen molar-refractivity contribution in [3.63, 3.8) is 0 Å². The molecule has 2 aromatic carbocycles. The number of aromatic amines is 2. The third-order valence-electron chi connectivity index (χ3n) is 7.39. The third kappa shape index (κ3) is 5.53. The van der Waals surface area contributed by atoms with E-state index in [1.807, 2.05) is 45.0 Å². The van der Waals surface area contributed by atoms with E-state index in [1.165, 1.54) is 12.1 Å². The van der Waals surface area contributed by atoms with Gasteiger partial charge in [0.1, 0.15) is 23.2 Å². The molecule has 1 aliphatic heterocycles. The molecule has 3 atom stereocenters. The molecule has 0 unspecified atom stereocenters. The zero-order valence-electron chi connectivity index (χ0n) is 22.6. The van der Waals surface area contributed by atoms with Crippen LogP contribution in [0.1, 0.15) is 55.1 Å². The molecule has 1 aliphatic rings. The van der Waals surface area contributed by atoms with Gasteiger partial charge in [-0.15, -0.1) is 0 Å². The van der Waals surface area contributed by atoms with E-state index in [0.29, 0.717) is 23.4 Å². The number of rotatable bonds is 6. The summed E-state index contributed by atoms with van der Waals surface area (Å²) in [5, 5.41) is 7.56. The van der Waals surface area contributed by atoms with Crippen molar-refractivity contribution in [1.82, 2.24) is 25.5 Å². The fourth-order valence-corrected chi connectivity index (χ4v) is 5.36. The van der Waals surface area contributed by atoms with E-state index in [-0.39, 0.29) is 42.0 Å². The molecule has 3 amide bonds. The van der Waals surface area contributed by atoms with E-state index in [9.17, 15) is 18.8 Å². The molecule has 1 fully saturated rings. The first kappa shape index (κ1) is 26.5. The predicted octanol–water partition coefficient (Wildman–Crippen LogP) is 4.60. The molecule has 4 aromatic rings. The lowest BCUT2D eigenvalue weighted by Gasteiger charge is -2.31. The number of para-hydroxylation sites is 1. The van der Waals surface area contributed by atoms with Crippen molar-refractivity contribution in [1.29, 1.82) is 0 Å². The molecule has 8 nitrogen and oxygen atoms in total. The van der Waals surface area contributed by atoms with Crippen LogP contribution in [0.3, 0.4) is 0 Å². The molecule has 39 heavy (non-hydrogen) atoms. The van der Waals surface area contributed by atoms with Gasteiger partial charge in [-0.1, -0.05) is 45.9 Å². The normalized spacial score (nSPS) is 18.4. The minimum Gasteiger partial charge on any atom is -0.352 e. The Hall–Kier alpha value is -4.14. The van der Waals surface area contributed by atoms with Crippen LogP contribution in [0.5, 0.6) is 0 Å². The molecule has 0 spiro atoms. The van der Waals surface area contributed by atoms with Gasteiger partial charge in [0, 0.05) is 40.9 Å². The quantitative estimate of drug-likeness (QED) is 0.292. The number of H-pyrrole nitrogens is 2. The molecule has 3 heterocycles. The number of fused-ring (bicyclic) bond motifs is 2. The summed E-state index contributed by atoms with van der Waals surface area (Å²) in [7, 11) is 0. The molecule has 9 heteroatoms. The maximum Gasteiger partial charge on any atom is 0.270 e. The average Bonchev–Trinajstić information content (AvgIpc) is 3.60. The van der Waals surface area contributed by atoms with Crippen molar-refractivity contribution in [2.45, 2.75) is 46.2 Å². The highest BCUT2D eigenvalue weighted by Gasteiger charge is 2.37. The fourth-order valence-electron chi connectivity index (χ4n) is 5.36. The highest BCUT2D eigenvalue weighted by Crippen LogP contribution is 2.27. The van der Waals surface area contributed by atoms with E-state index in [0.717, 1.165) is 22.7 Å². The van der Waals surface area contributed by atoms with Gasteiger partial charge in [-0.25, -0.2) is 4.39 Å². The Morgan fingerprint density at radius 2 is 1.69 bits per heavy atom. The molecular formula is C30H34FN5O3. The number of likely N-dealkylation sites (tertiary alicyclic amines) is 1. The Morgan fingerprint density at radius 1 is 1.00 bits per heavy atom. The van der Waals surface area contributed by atoms with Gasteiger partial charge in [0.15, 0.2) is 0 Å². The Kier molecular flexibility index (Phi) is 6.92. The zero-order chi connectivity index (χ0) is 27.9. The van der Waals surface area contributed by atoms with Gasteiger partial charge in [-0.3, -0.25) is 14.4 Å². The van der Waals surface area contributed by atoms with Crippen LogP contribution in [0, 0.1) is 17.2 Å². The summed E-state index contributed by atoms with van der Waals surface area (Å²) < 4.78 is 13.6. The van der Waals surface area contributed by atoms with Gasteiger partial charge < -0.3 is 25.5 Å². The van der Waals surface area contributed by atoms with Crippen LogP contribution in [0.2, 0.25) is 0 Å². The largest absolute Gasteiger partial charge is 0.352 e. The summed E-state index contributed by atoms with van der Waals surface area (Å²) in [6.45, 7) is 8.58. The van der Waals surface area contributed by atoms with Crippen molar-refractivity contribution >= 4 is 39.5 Å². The predicted molar refractivity (Wildman–Crippen MR) is 149 cm³/mol. The smallest absolute Gasteiger partial charge is 0.270 e. The monoisotopic (exact) mass is 531 g/mol. The second-order valence-electron chi connectivity index (χ2n) is 11.7. The third-order valence-corrected chi connectivity index (χ3v) is 7.39. The average molecular weight is 532 g/mol. The molecule has 1 saturated heterocycles. The Morgan fingerprint density at radius 3 is 2.44 bits per heavy atom. The Balaban J connectivity index is 1.27. The number of nitrogens with one attached hydrogen (secondary N) is 4. The molecule has 5 rings (SSSR count). The first-order chi connectivity index (χ1) is 18.5. The number of carbonyl (C=O) groups excluding carboxylic acids is 3. The number of carbonyl (C=O) groups is 3. The number of hydrogen-bond donors (Lipinski definition) is 4. The van der Waals surface area contributed by atoms with Gasteiger partial charge in [0.05, 0.1) is 0 Å². The highest BCUT2D eigenvalue weighted by molar-refractivity contribution is 6.00. The number of halogens is 1. The first-order valence-electron chi connectivity index (χ1n) is 13.2. The topological polar surface area (TPSA) is 110 Å². The maximum atomic E-state index is 13.6. The molecule has 0 aliphatic carbocycles. The standard InChI is InChI=1S/C30H34FN5O3/c1-17-11-21(36(16-17)29(39)25-13-19-9-10-20(31)14-23(19)34-25)15-32-28(38)26(30(2,3)4)35-27(37)24-12-18-7-5-6-8-22(18)33-24/h5-10,12-14,17,21,26,33-34H,11,15-16H2,1-4H3,(H,32,38)(H,35,37)/t17-,21-,26+/m0/s1. The van der Waals surface area contributed by atoms with E-state index in [1.54, 1.807) is 23.1 Å². The van der Waals surface area contributed by atoms with Crippen molar-refractivity contribution in [2.24, 2.45) is 11.3 Å². The van der Waals surface area contributed by atoms with Crippen molar-refractivity contribution in [3.8, 4) is 0 Å². The van der Waals surface area contributed by atoms with Gasteiger partial charge >= 0.3 is 0 Å².